The molecule has 0 bridgehead atoms. The van der Waals surface area contributed by atoms with Gasteiger partial charge in [0.05, 0.1) is 18.7 Å². The topological polar surface area (TPSA) is 51.5 Å². The summed E-state index contributed by atoms with van der Waals surface area (Å²) in [4.78, 5) is 11.6. The number of hydrogen-bond acceptors (Lipinski definition) is 4. The number of furan rings is 1. The predicted molar refractivity (Wildman–Crippen MR) is 80.9 cm³/mol. The Hall–Kier alpha value is -1.75. The summed E-state index contributed by atoms with van der Waals surface area (Å²) in [5.74, 6) is 1.43. The number of rotatable bonds is 5. The van der Waals surface area contributed by atoms with Crippen LogP contribution in [-0.2, 0) is 11.3 Å². The lowest BCUT2D eigenvalue weighted by Gasteiger charge is -2.09. The standard InChI is InChI=1S/C15H16BrNO3/c1-3-19-15(18)11-5-7-14(13(16)8-11)17-9-12-6-4-10(2)20-12/h4-8,17H,3,9H2,1-2H3. The molecule has 0 amide bonds. The summed E-state index contributed by atoms with van der Waals surface area (Å²) < 4.78 is 11.3. The lowest BCUT2D eigenvalue weighted by molar-refractivity contribution is 0.0526. The average Bonchev–Trinajstić information content (AvgIpc) is 2.83. The van der Waals surface area contributed by atoms with Crippen molar-refractivity contribution in [3.63, 3.8) is 0 Å². The largest absolute Gasteiger partial charge is 0.465 e. The minimum Gasteiger partial charge on any atom is -0.465 e. The van der Waals surface area contributed by atoms with Crippen molar-refractivity contribution in [3.8, 4) is 0 Å². The van der Waals surface area contributed by atoms with Crippen LogP contribution in [0.25, 0.3) is 0 Å². The van der Waals surface area contributed by atoms with E-state index in [0.717, 1.165) is 21.7 Å². The van der Waals surface area contributed by atoms with Crippen molar-refractivity contribution >= 4 is 27.6 Å². The lowest BCUT2D eigenvalue weighted by atomic mass is 10.2. The van der Waals surface area contributed by atoms with Crippen LogP contribution in [0.3, 0.4) is 0 Å². The molecule has 20 heavy (non-hydrogen) atoms. The van der Waals surface area contributed by atoms with Gasteiger partial charge in [0.2, 0.25) is 0 Å². The number of aryl methyl sites for hydroxylation is 1. The fourth-order valence-corrected chi connectivity index (χ4v) is 2.28. The second-order valence-electron chi connectivity index (χ2n) is 4.28. The first kappa shape index (κ1) is 14.7. The Morgan fingerprint density at radius 3 is 2.75 bits per heavy atom. The highest BCUT2D eigenvalue weighted by atomic mass is 79.9. The van der Waals surface area contributed by atoms with Gasteiger partial charge in [0.25, 0.3) is 0 Å². The van der Waals surface area contributed by atoms with Crippen molar-refractivity contribution in [1.82, 2.24) is 0 Å². The van der Waals surface area contributed by atoms with E-state index in [2.05, 4.69) is 21.2 Å². The Kier molecular flexibility index (Phi) is 4.84. The van der Waals surface area contributed by atoms with E-state index in [1.165, 1.54) is 0 Å². The molecule has 1 heterocycles. The quantitative estimate of drug-likeness (QED) is 0.833. The Morgan fingerprint density at radius 1 is 1.35 bits per heavy atom. The maximum Gasteiger partial charge on any atom is 0.338 e. The number of hydrogen-bond donors (Lipinski definition) is 1. The van der Waals surface area contributed by atoms with Crippen LogP contribution in [0.5, 0.6) is 0 Å². The van der Waals surface area contributed by atoms with Gasteiger partial charge < -0.3 is 14.5 Å². The predicted octanol–water partition coefficient (Wildman–Crippen LogP) is 4.14. The number of anilines is 1. The zero-order valence-corrected chi connectivity index (χ0v) is 13.0. The monoisotopic (exact) mass is 337 g/mol. The van der Waals surface area contributed by atoms with Gasteiger partial charge in [0, 0.05) is 10.2 Å². The summed E-state index contributed by atoms with van der Waals surface area (Å²) in [5.41, 5.74) is 1.42. The number of benzene rings is 1. The molecular formula is C15H16BrNO3. The van der Waals surface area contributed by atoms with Gasteiger partial charge in [-0.25, -0.2) is 4.79 Å². The number of esters is 1. The van der Waals surface area contributed by atoms with Gasteiger partial charge in [-0.2, -0.15) is 0 Å². The highest BCUT2D eigenvalue weighted by Gasteiger charge is 2.09. The van der Waals surface area contributed by atoms with Crippen LogP contribution in [0.1, 0.15) is 28.8 Å². The first-order valence-corrected chi connectivity index (χ1v) is 7.15. The first-order valence-electron chi connectivity index (χ1n) is 6.36. The summed E-state index contributed by atoms with van der Waals surface area (Å²) >= 11 is 3.44. The zero-order valence-electron chi connectivity index (χ0n) is 11.4. The normalized spacial score (nSPS) is 10.3. The van der Waals surface area contributed by atoms with Crippen LogP contribution in [0.2, 0.25) is 0 Å². The highest BCUT2D eigenvalue weighted by molar-refractivity contribution is 9.10. The summed E-state index contributed by atoms with van der Waals surface area (Å²) in [6.07, 6.45) is 0. The minimum absolute atomic E-state index is 0.318. The fourth-order valence-electron chi connectivity index (χ4n) is 1.76. The molecule has 1 N–H and O–H groups in total. The molecule has 0 spiro atoms. The summed E-state index contributed by atoms with van der Waals surface area (Å²) in [5, 5.41) is 3.25. The van der Waals surface area contributed by atoms with Gasteiger partial charge in [-0.3, -0.25) is 0 Å². The molecule has 1 aromatic heterocycles. The number of carbonyl (C=O) groups excluding carboxylic acids is 1. The Labute approximate surface area is 126 Å². The van der Waals surface area contributed by atoms with E-state index in [-0.39, 0.29) is 5.97 Å². The molecule has 4 nitrogen and oxygen atoms in total. The number of carbonyl (C=O) groups is 1. The maximum atomic E-state index is 11.6. The summed E-state index contributed by atoms with van der Waals surface area (Å²) in [6, 6.07) is 9.18. The molecule has 1 aromatic carbocycles. The van der Waals surface area contributed by atoms with Gasteiger partial charge in [0.15, 0.2) is 0 Å². The molecule has 0 radical (unpaired) electrons. The molecule has 0 aliphatic heterocycles. The van der Waals surface area contributed by atoms with Gasteiger partial charge in [-0.15, -0.1) is 0 Å². The smallest absolute Gasteiger partial charge is 0.338 e. The van der Waals surface area contributed by atoms with Crippen molar-refractivity contribution in [2.75, 3.05) is 11.9 Å². The van der Waals surface area contributed by atoms with Crippen molar-refractivity contribution in [1.29, 1.82) is 0 Å². The Balaban J connectivity index is 2.04. The molecular weight excluding hydrogens is 322 g/mol. The van der Waals surface area contributed by atoms with E-state index in [0.29, 0.717) is 18.7 Å². The van der Waals surface area contributed by atoms with Crippen LogP contribution in [0.15, 0.2) is 39.2 Å². The SMILES string of the molecule is CCOC(=O)c1ccc(NCc2ccc(C)o2)c(Br)c1. The number of ether oxygens (including phenoxy) is 1. The van der Waals surface area contributed by atoms with Crippen LogP contribution >= 0.6 is 15.9 Å². The van der Waals surface area contributed by atoms with Crippen molar-refractivity contribution in [3.05, 3.63) is 51.9 Å². The number of halogens is 1. The molecule has 0 unspecified atom stereocenters. The summed E-state index contributed by atoms with van der Waals surface area (Å²) in [7, 11) is 0. The molecule has 106 valence electrons. The molecule has 0 aliphatic carbocycles. The molecule has 2 aromatic rings. The van der Waals surface area contributed by atoms with Gasteiger partial charge in [-0.05, 0) is 60.1 Å². The van der Waals surface area contributed by atoms with E-state index >= 15 is 0 Å². The van der Waals surface area contributed by atoms with E-state index in [1.807, 2.05) is 25.1 Å². The van der Waals surface area contributed by atoms with E-state index in [1.54, 1.807) is 19.1 Å². The van der Waals surface area contributed by atoms with Crippen LogP contribution in [0, 0.1) is 6.92 Å². The highest BCUT2D eigenvalue weighted by Crippen LogP contribution is 2.24. The maximum absolute atomic E-state index is 11.6. The van der Waals surface area contributed by atoms with Gasteiger partial charge in [-0.1, -0.05) is 0 Å². The van der Waals surface area contributed by atoms with Crippen LogP contribution < -0.4 is 5.32 Å². The molecule has 0 fully saturated rings. The van der Waals surface area contributed by atoms with Gasteiger partial charge >= 0.3 is 5.97 Å². The van der Waals surface area contributed by atoms with Crippen molar-refractivity contribution in [2.24, 2.45) is 0 Å². The molecule has 0 saturated carbocycles. The first-order chi connectivity index (χ1) is 9.60. The second kappa shape index (κ2) is 6.61. The molecule has 2 rings (SSSR count). The molecule has 0 aliphatic rings. The Morgan fingerprint density at radius 2 is 2.15 bits per heavy atom. The van der Waals surface area contributed by atoms with Crippen molar-refractivity contribution < 1.29 is 13.9 Å². The van der Waals surface area contributed by atoms with Crippen molar-refractivity contribution in [2.45, 2.75) is 20.4 Å². The van der Waals surface area contributed by atoms with Gasteiger partial charge in [0.1, 0.15) is 11.5 Å². The van der Waals surface area contributed by atoms with E-state index in [9.17, 15) is 4.79 Å². The molecule has 0 atom stereocenters. The molecule has 0 saturated heterocycles. The van der Waals surface area contributed by atoms with E-state index in [4.69, 9.17) is 9.15 Å². The number of nitrogens with one attached hydrogen (secondary N) is 1. The second-order valence-corrected chi connectivity index (χ2v) is 5.14. The third kappa shape index (κ3) is 3.63. The summed E-state index contributed by atoms with van der Waals surface area (Å²) in [6.45, 7) is 4.65. The Bertz CT molecular complexity index is 607. The molecule has 5 heteroatoms. The minimum atomic E-state index is -0.318. The van der Waals surface area contributed by atoms with E-state index < -0.39 is 0 Å². The third-order valence-electron chi connectivity index (χ3n) is 2.73. The average molecular weight is 338 g/mol. The fraction of sp³-hybridized carbons (Fsp3) is 0.267. The van der Waals surface area contributed by atoms with Crippen LogP contribution in [0.4, 0.5) is 5.69 Å². The third-order valence-corrected chi connectivity index (χ3v) is 3.39. The lowest BCUT2D eigenvalue weighted by Crippen LogP contribution is -2.05. The van der Waals surface area contributed by atoms with Crippen LogP contribution in [-0.4, -0.2) is 12.6 Å². The zero-order chi connectivity index (χ0) is 14.5.